The van der Waals surface area contributed by atoms with Gasteiger partial charge in [0.15, 0.2) is 11.5 Å². The zero-order valence-corrected chi connectivity index (χ0v) is 15.5. The van der Waals surface area contributed by atoms with Gasteiger partial charge in [-0.2, -0.15) is 0 Å². The molecule has 7 nitrogen and oxygen atoms in total. The van der Waals surface area contributed by atoms with Gasteiger partial charge in [0.05, 0.1) is 6.04 Å². The normalized spacial score (nSPS) is 19.2. The van der Waals surface area contributed by atoms with Crippen LogP contribution in [0.1, 0.15) is 44.0 Å². The quantitative estimate of drug-likeness (QED) is 0.894. The summed E-state index contributed by atoms with van der Waals surface area (Å²) >= 11 is 0. The van der Waals surface area contributed by atoms with Gasteiger partial charge in [0.1, 0.15) is 18.8 Å². The molecule has 2 aliphatic rings. The Hall–Kier alpha value is -2.44. The lowest BCUT2D eigenvalue weighted by molar-refractivity contribution is 0.0225. The van der Waals surface area contributed by atoms with Crippen LogP contribution in [0.25, 0.3) is 0 Å². The lowest BCUT2D eigenvalue weighted by Crippen LogP contribution is -2.45. The van der Waals surface area contributed by atoms with Gasteiger partial charge in [-0.05, 0) is 51.8 Å². The average molecular weight is 362 g/mol. The second-order valence-electron chi connectivity index (χ2n) is 7.54. The molecule has 1 fully saturated rings. The number of fused-ring (bicyclic) bond motifs is 1. The number of amides is 2. The molecule has 1 aromatic rings. The number of benzene rings is 1. The zero-order chi connectivity index (χ0) is 18.7. The van der Waals surface area contributed by atoms with Gasteiger partial charge in [-0.3, -0.25) is 4.79 Å². The van der Waals surface area contributed by atoms with E-state index in [1.807, 2.05) is 20.8 Å². The van der Waals surface area contributed by atoms with Crippen LogP contribution in [0.2, 0.25) is 0 Å². The van der Waals surface area contributed by atoms with Crippen LogP contribution >= 0.6 is 0 Å². The first kappa shape index (κ1) is 18.4. The van der Waals surface area contributed by atoms with Crippen LogP contribution in [0.3, 0.4) is 0 Å². The highest BCUT2D eigenvalue weighted by molar-refractivity contribution is 5.95. The summed E-state index contributed by atoms with van der Waals surface area (Å²) in [5.74, 6) is 1.04. The van der Waals surface area contributed by atoms with E-state index in [0.29, 0.717) is 43.4 Å². The first-order chi connectivity index (χ1) is 12.3. The number of carbonyl (C=O) groups is 2. The highest BCUT2D eigenvalue weighted by Gasteiger charge is 2.32. The third-order valence-electron chi connectivity index (χ3n) is 4.31. The highest BCUT2D eigenvalue weighted by atomic mass is 16.6. The van der Waals surface area contributed by atoms with E-state index in [1.165, 1.54) is 0 Å². The third-order valence-corrected chi connectivity index (χ3v) is 4.31. The fourth-order valence-electron chi connectivity index (χ4n) is 3.11. The second kappa shape index (κ2) is 7.43. The fourth-order valence-corrected chi connectivity index (χ4v) is 3.11. The third kappa shape index (κ3) is 4.39. The van der Waals surface area contributed by atoms with E-state index in [2.05, 4.69) is 5.32 Å². The number of likely N-dealkylation sites (tertiary alicyclic amines) is 1. The first-order valence-electron chi connectivity index (χ1n) is 9.01. The van der Waals surface area contributed by atoms with E-state index in [9.17, 15) is 9.59 Å². The molecule has 0 bridgehead atoms. The molecular formula is C19H26N2O5. The standard InChI is InChI=1S/C19H26N2O5/c1-19(2,3)26-18(23)21-8-4-5-14(21)12-20-17(22)13-6-7-15-16(11-13)25-10-9-24-15/h6-7,11,14H,4-5,8-10,12H2,1-3H3,(H,20,22). The van der Waals surface area contributed by atoms with Gasteiger partial charge in [0.25, 0.3) is 5.91 Å². The molecule has 0 aliphatic carbocycles. The summed E-state index contributed by atoms with van der Waals surface area (Å²) in [6, 6.07) is 5.09. The number of hydrogen-bond acceptors (Lipinski definition) is 5. The molecule has 1 N–H and O–H groups in total. The van der Waals surface area contributed by atoms with E-state index in [-0.39, 0.29) is 18.0 Å². The van der Waals surface area contributed by atoms with Gasteiger partial charge in [0, 0.05) is 18.7 Å². The van der Waals surface area contributed by atoms with Crippen molar-refractivity contribution < 1.29 is 23.8 Å². The van der Waals surface area contributed by atoms with Crippen molar-refractivity contribution in [2.45, 2.75) is 45.3 Å². The van der Waals surface area contributed by atoms with E-state index in [4.69, 9.17) is 14.2 Å². The molecule has 1 atom stereocenters. The number of carbonyl (C=O) groups excluding carboxylic acids is 2. The van der Waals surface area contributed by atoms with Crippen molar-refractivity contribution >= 4 is 12.0 Å². The van der Waals surface area contributed by atoms with Crippen LogP contribution in [0, 0.1) is 0 Å². The van der Waals surface area contributed by atoms with Crippen LogP contribution in [-0.4, -0.2) is 54.8 Å². The number of hydrogen-bond donors (Lipinski definition) is 1. The van der Waals surface area contributed by atoms with E-state index < -0.39 is 5.60 Å². The smallest absolute Gasteiger partial charge is 0.410 e. The molecule has 1 unspecified atom stereocenters. The Morgan fingerprint density at radius 2 is 1.96 bits per heavy atom. The molecule has 0 spiro atoms. The molecule has 0 aromatic heterocycles. The molecule has 0 saturated carbocycles. The summed E-state index contributed by atoms with van der Waals surface area (Å²) in [4.78, 5) is 26.5. The molecular weight excluding hydrogens is 336 g/mol. The fraction of sp³-hybridized carbons (Fsp3) is 0.579. The van der Waals surface area contributed by atoms with Gasteiger partial charge < -0.3 is 24.4 Å². The minimum Gasteiger partial charge on any atom is -0.486 e. The van der Waals surface area contributed by atoms with Crippen LogP contribution in [-0.2, 0) is 4.74 Å². The summed E-state index contributed by atoms with van der Waals surface area (Å²) in [5, 5.41) is 2.91. The van der Waals surface area contributed by atoms with Gasteiger partial charge >= 0.3 is 6.09 Å². The molecule has 2 heterocycles. The summed E-state index contributed by atoms with van der Waals surface area (Å²) in [6.45, 7) is 7.58. The monoisotopic (exact) mass is 362 g/mol. The molecule has 3 rings (SSSR count). The van der Waals surface area contributed by atoms with Crippen LogP contribution in [0.4, 0.5) is 4.79 Å². The maximum atomic E-state index is 12.5. The molecule has 2 aliphatic heterocycles. The first-order valence-corrected chi connectivity index (χ1v) is 9.01. The van der Waals surface area contributed by atoms with Crippen molar-refractivity contribution in [2.24, 2.45) is 0 Å². The minimum absolute atomic E-state index is 0.0500. The van der Waals surface area contributed by atoms with Gasteiger partial charge in [-0.25, -0.2) is 4.79 Å². The predicted octanol–water partition coefficient (Wildman–Crippen LogP) is 2.59. The Morgan fingerprint density at radius 3 is 2.69 bits per heavy atom. The number of ether oxygens (including phenoxy) is 3. The van der Waals surface area contributed by atoms with Crippen molar-refractivity contribution in [2.75, 3.05) is 26.3 Å². The Labute approximate surface area is 153 Å². The summed E-state index contributed by atoms with van der Waals surface area (Å²) < 4.78 is 16.4. The van der Waals surface area contributed by atoms with E-state index >= 15 is 0 Å². The van der Waals surface area contributed by atoms with Crippen LogP contribution in [0.5, 0.6) is 11.5 Å². The average Bonchev–Trinajstić information content (AvgIpc) is 3.06. The molecule has 0 radical (unpaired) electrons. The molecule has 1 saturated heterocycles. The summed E-state index contributed by atoms with van der Waals surface area (Å²) in [5.41, 5.74) is -0.0188. The SMILES string of the molecule is CC(C)(C)OC(=O)N1CCCC1CNC(=O)c1ccc2c(c1)OCCO2. The van der Waals surface area contributed by atoms with E-state index in [1.54, 1.807) is 23.1 Å². The Kier molecular flexibility index (Phi) is 5.25. The van der Waals surface area contributed by atoms with Crippen LogP contribution < -0.4 is 14.8 Å². The Balaban J connectivity index is 1.57. The maximum Gasteiger partial charge on any atom is 0.410 e. The summed E-state index contributed by atoms with van der Waals surface area (Å²) in [6.07, 6.45) is 1.43. The van der Waals surface area contributed by atoms with Crippen molar-refractivity contribution in [3.05, 3.63) is 23.8 Å². The van der Waals surface area contributed by atoms with Gasteiger partial charge in [-0.1, -0.05) is 0 Å². The second-order valence-corrected chi connectivity index (χ2v) is 7.54. The Bertz CT molecular complexity index is 683. The highest BCUT2D eigenvalue weighted by Crippen LogP contribution is 2.30. The number of nitrogens with one attached hydrogen (secondary N) is 1. The zero-order valence-electron chi connectivity index (χ0n) is 15.5. The largest absolute Gasteiger partial charge is 0.486 e. The van der Waals surface area contributed by atoms with E-state index in [0.717, 1.165) is 12.8 Å². The lowest BCUT2D eigenvalue weighted by atomic mass is 10.1. The summed E-state index contributed by atoms with van der Waals surface area (Å²) in [7, 11) is 0. The molecule has 142 valence electrons. The van der Waals surface area contributed by atoms with Crippen molar-refractivity contribution in [3.63, 3.8) is 0 Å². The van der Waals surface area contributed by atoms with Crippen LogP contribution in [0.15, 0.2) is 18.2 Å². The van der Waals surface area contributed by atoms with Crippen molar-refractivity contribution in [1.82, 2.24) is 10.2 Å². The number of nitrogens with zero attached hydrogens (tertiary/aromatic N) is 1. The van der Waals surface area contributed by atoms with Gasteiger partial charge in [0.2, 0.25) is 0 Å². The number of rotatable bonds is 3. The Morgan fingerprint density at radius 1 is 1.23 bits per heavy atom. The lowest BCUT2D eigenvalue weighted by Gasteiger charge is -2.28. The minimum atomic E-state index is -0.529. The predicted molar refractivity (Wildman–Crippen MR) is 95.7 cm³/mol. The molecule has 26 heavy (non-hydrogen) atoms. The van der Waals surface area contributed by atoms with Gasteiger partial charge in [-0.15, -0.1) is 0 Å². The molecule has 2 amide bonds. The maximum absolute atomic E-state index is 12.5. The van der Waals surface area contributed by atoms with Crippen molar-refractivity contribution in [3.8, 4) is 11.5 Å². The molecule has 1 aromatic carbocycles. The topological polar surface area (TPSA) is 77.1 Å². The van der Waals surface area contributed by atoms with Crippen molar-refractivity contribution in [1.29, 1.82) is 0 Å². The molecule has 7 heteroatoms.